The van der Waals surface area contributed by atoms with Crippen molar-refractivity contribution in [3.63, 3.8) is 0 Å². The van der Waals surface area contributed by atoms with E-state index in [2.05, 4.69) is 60.0 Å². The van der Waals surface area contributed by atoms with Gasteiger partial charge in [-0.3, -0.25) is 0 Å². The van der Waals surface area contributed by atoms with E-state index >= 15 is 0 Å². The number of ether oxygens (including phenoxy) is 1. The molecular formula is C34H39NO2. The van der Waals surface area contributed by atoms with Crippen LogP contribution in [0.25, 0.3) is 5.57 Å². The fourth-order valence-corrected chi connectivity index (χ4v) is 5.35. The molecule has 3 heteroatoms. The van der Waals surface area contributed by atoms with Crippen molar-refractivity contribution < 1.29 is 9.84 Å². The molecule has 3 aromatic rings. The van der Waals surface area contributed by atoms with Crippen molar-refractivity contribution in [3.8, 4) is 5.75 Å². The highest BCUT2D eigenvalue weighted by molar-refractivity contribution is 5.74. The van der Waals surface area contributed by atoms with Gasteiger partial charge in [0.25, 0.3) is 0 Å². The number of allylic oxidation sites excluding steroid dienone is 5. The van der Waals surface area contributed by atoms with Crippen LogP contribution in [0.3, 0.4) is 0 Å². The van der Waals surface area contributed by atoms with Gasteiger partial charge in [-0.1, -0.05) is 104 Å². The van der Waals surface area contributed by atoms with Crippen LogP contribution in [-0.2, 0) is 5.60 Å². The Hall–Kier alpha value is -3.40. The quantitative estimate of drug-likeness (QED) is 0.226. The lowest BCUT2D eigenvalue weighted by Crippen LogP contribution is -2.44. The summed E-state index contributed by atoms with van der Waals surface area (Å²) in [5.74, 6) is 1.09. The molecule has 1 saturated heterocycles. The maximum absolute atomic E-state index is 12.1. The average molecular weight is 494 g/mol. The van der Waals surface area contributed by atoms with E-state index in [0.29, 0.717) is 6.61 Å². The molecule has 4 rings (SSSR count). The van der Waals surface area contributed by atoms with Crippen molar-refractivity contribution in [1.29, 1.82) is 0 Å². The van der Waals surface area contributed by atoms with Crippen LogP contribution in [0, 0.1) is 5.92 Å². The molecule has 37 heavy (non-hydrogen) atoms. The Morgan fingerprint density at radius 2 is 1.54 bits per heavy atom. The third-order valence-electron chi connectivity index (χ3n) is 7.40. The number of hydrogen-bond donors (Lipinski definition) is 1. The summed E-state index contributed by atoms with van der Waals surface area (Å²) < 4.78 is 6.02. The van der Waals surface area contributed by atoms with Crippen LogP contribution < -0.4 is 4.74 Å². The molecule has 1 fully saturated rings. The van der Waals surface area contributed by atoms with E-state index in [1.807, 2.05) is 61.5 Å². The van der Waals surface area contributed by atoms with Crippen LogP contribution in [0.5, 0.6) is 5.75 Å². The average Bonchev–Trinajstić information content (AvgIpc) is 2.97. The molecule has 0 spiro atoms. The summed E-state index contributed by atoms with van der Waals surface area (Å²) in [4.78, 5) is 2.50. The monoisotopic (exact) mass is 493 g/mol. The van der Waals surface area contributed by atoms with Crippen molar-refractivity contribution in [3.05, 3.63) is 133 Å². The van der Waals surface area contributed by atoms with Crippen molar-refractivity contribution in [2.75, 3.05) is 26.2 Å². The first-order valence-corrected chi connectivity index (χ1v) is 13.4. The molecule has 0 unspecified atom stereocenters. The summed E-state index contributed by atoms with van der Waals surface area (Å²) in [6, 6.07) is 28.6. The van der Waals surface area contributed by atoms with E-state index < -0.39 is 5.60 Å². The number of hydrogen-bond acceptors (Lipinski definition) is 3. The molecule has 1 N–H and O–H groups in total. The SMILES string of the molecule is C=C/C=C\C(=C/C)c1ccc(OCCCN2CCC(C(O)(c3ccccc3)c3ccccc3)CC2)cc1. The maximum Gasteiger partial charge on any atom is 0.119 e. The number of piperidine rings is 1. The third-order valence-corrected chi connectivity index (χ3v) is 7.40. The summed E-state index contributed by atoms with van der Waals surface area (Å²) in [6.45, 7) is 9.47. The highest BCUT2D eigenvalue weighted by atomic mass is 16.5. The molecule has 3 nitrogen and oxygen atoms in total. The van der Waals surface area contributed by atoms with E-state index in [0.717, 1.165) is 55.8 Å². The molecule has 1 aliphatic rings. The van der Waals surface area contributed by atoms with E-state index in [-0.39, 0.29) is 5.92 Å². The molecule has 3 aromatic carbocycles. The number of benzene rings is 3. The molecule has 0 saturated carbocycles. The summed E-state index contributed by atoms with van der Waals surface area (Å²) in [6.07, 6.45) is 10.8. The molecule has 0 bridgehead atoms. The van der Waals surface area contributed by atoms with Gasteiger partial charge in [0.15, 0.2) is 0 Å². The lowest BCUT2D eigenvalue weighted by Gasteiger charge is -2.42. The Bertz CT molecular complexity index is 1120. The molecule has 192 valence electrons. The molecule has 0 aliphatic carbocycles. The van der Waals surface area contributed by atoms with Crippen LogP contribution in [0.2, 0.25) is 0 Å². The van der Waals surface area contributed by atoms with E-state index in [9.17, 15) is 5.11 Å². The van der Waals surface area contributed by atoms with Crippen LogP contribution in [-0.4, -0.2) is 36.2 Å². The van der Waals surface area contributed by atoms with Crippen LogP contribution in [0.4, 0.5) is 0 Å². The largest absolute Gasteiger partial charge is 0.494 e. The highest BCUT2D eigenvalue weighted by Gasteiger charge is 2.41. The van der Waals surface area contributed by atoms with Crippen LogP contribution in [0.15, 0.2) is 116 Å². The van der Waals surface area contributed by atoms with Gasteiger partial charge in [-0.15, -0.1) is 0 Å². The highest BCUT2D eigenvalue weighted by Crippen LogP contribution is 2.41. The fourth-order valence-electron chi connectivity index (χ4n) is 5.35. The summed E-state index contributed by atoms with van der Waals surface area (Å²) in [7, 11) is 0. The van der Waals surface area contributed by atoms with Gasteiger partial charge in [-0.25, -0.2) is 0 Å². The topological polar surface area (TPSA) is 32.7 Å². The minimum absolute atomic E-state index is 0.187. The van der Waals surface area contributed by atoms with E-state index in [1.165, 1.54) is 11.1 Å². The maximum atomic E-state index is 12.1. The predicted octanol–water partition coefficient (Wildman–Crippen LogP) is 7.25. The minimum Gasteiger partial charge on any atom is -0.494 e. The zero-order valence-corrected chi connectivity index (χ0v) is 21.9. The zero-order valence-electron chi connectivity index (χ0n) is 21.9. The molecule has 1 heterocycles. The first-order chi connectivity index (χ1) is 18.1. The summed E-state index contributed by atoms with van der Waals surface area (Å²) >= 11 is 0. The van der Waals surface area contributed by atoms with Gasteiger partial charge in [-0.2, -0.15) is 0 Å². The van der Waals surface area contributed by atoms with E-state index in [4.69, 9.17) is 4.74 Å². The number of likely N-dealkylation sites (tertiary alicyclic amines) is 1. The Morgan fingerprint density at radius 1 is 0.946 bits per heavy atom. The Labute approximate surface area is 222 Å². The second-order valence-corrected chi connectivity index (χ2v) is 9.68. The zero-order chi connectivity index (χ0) is 25.9. The minimum atomic E-state index is -0.960. The molecule has 0 aromatic heterocycles. The van der Waals surface area contributed by atoms with Crippen LogP contribution in [0.1, 0.15) is 42.9 Å². The van der Waals surface area contributed by atoms with Gasteiger partial charge in [-0.05, 0) is 79.6 Å². The molecule has 0 radical (unpaired) electrons. The first kappa shape index (κ1) is 26.7. The summed E-state index contributed by atoms with van der Waals surface area (Å²) in [5, 5.41) is 12.1. The second-order valence-electron chi connectivity index (χ2n) is 9.68. The van der Waals surface area contributed by atoms with Gasteiger partial charge in [0.1, 0.15) is 11.4 Å². The van der Waals surface area contributed by atoms with Crippen molar-refractivity contribution in [1.82, 2.24) is 4.90 Å². The van der Waals surface area contributed by atoms with Gasteiger partial charge in [0.2, 0.25) is 0 Å². The first-order valence-electron chi connectivity index (χ1n) is 13.4. The Balaban J connectivity index is 1.27. The third kappa shape index (κ3) is 6.68. The number of aliphatic hydroxyl groups is 1. The molecule has 1 aliphatic heterocycles. The fraction of sp³-hybridized carbons (Fsp3) is 0.294. The van der Waals surface area contributed by atoms with Gasteiger partial charge in [0.05, 0.1) is 6.61 Å². The predicted molar refractivity (Wildman–Crippen MR) is 155 cm³/mol. The Morgan fingerprint density at radius 3 is 2.08 bits per heavy atom. The van der Waals surface area contributed by atoms with Gasteiger partial charge >= 0.3 is 0 Å². The van der Waals surface area contributed by atoms with Crippen LogP contribution >= 0.6 is 0 Å². The second kappa shape index (κ2) is 13.2. The lowest BCUT2D eigenvalue weighted by molar-refractivity contribution is -0.0146. The standard InChI is InChI=1S/C34H39NO2/c1-3-5-13-28(4-2)29-18-20-33(21-19-29)37-27-12-24-35-25-22-32(23-26-35)34(36,30-14-8-6-9-15-30)31-16-10-7-11-17-31/h3-11,13-21,32,36H,1,12,22-27H2,2H3/b13-5-,28-4+. The molecule has 0 amide bonds. The lowest BCUT2D eigenvalue weighted by atomic mass is 9.72. The molecule has 0 atom stereocenters. The van der Waals surface area contributed by atoms with E-state index in [1.54, 1.807) is 6.08 Å². The normalized spacial score (nSPS) is 15.7. The van der Waals surface area contributed by atoms with Crippen molar-refractivity contribution in [2.24, 2.45) is 5.92 Å². The number of rotatable bonds is 11. The van der Waals surface area contributed by atoms with Gasteiger partial charge in [0, 0.05) is 6.54 Å². The number of nitrogens with zero attached hydrogens (tertiary/aromatic N) is 1. The van der Waals surface area contributed by atoms with Crippen molar-refractivity contribution in [2.45, 2.75) is 31.8 Å². The smallest absolute Gasteiger partial charge is 0.119 e. The summed E-state index contributed by atoms with van der Waals surface area (Å²) in [5.41, 5.74) is 3.34. The van der Waals surface area contributed by atoms with Crippen molar-refractivity contribution >= 4 is 5.57 Å². The Kier molecular flexibility index (Phi) is 9.53. The van der Waals surface area contributed by atoms with Gasteiger partial charge < -0.3 is 14.7 Å². The molecular weight excluding hydrogens is 454 g/mol.